The van der Waals surface area contributed by atoms with Crippen molar-refractivity contribution in [2.75, 3.05) is 0 Å². The highest BCUT2D eigenvalue weighted by atomic mass is 16.4. The first-order valence-corrected chi connectivity index (χ1v) is 7.73. The van der Waals surface area contributed by atoms with E-state index in [-0.39, 0.29) is 22.6 Å². The monoisotopic (exact) mass is 372 g/mol. The standard InChI is InChI=1S/2C7H6O3.C5H8N2/c2*8-6-4-2-1-3-5(6)7(9)10;1-4-3-5(2)7-6-4/h2*1-4,8H,(H,9,10);3H,1-2H3,(H,6,7). The number of aryl methyl sites for hydroxylation is 2. The van der Waals surface area contributed by atoms with Crippen molar-refractivity contribution in [2.24, 2.45) is 0 Å². The summed E-state index contributed by atoms with van der Waals surface area (Å²) in [6.45, 7) is 3.95. The predicted octanol–water partition coefficient (Wildman–Crippen LogP) is 3.21. The molecule has 3 rings (SSSR count). The Hall–Kier alpha value is -3.81. The second-order valence-corrected chi connectivity index (χ2v) is 5.34. The lowest BCUT2D eigenvalue weighted by Crippen LogP contribution is -1.95. The van der Waals surface area contributed by atoms with Crippen molar-refractivity contribution in [1.29, 1.82) is 0 Å². The van der Waals surface area contributed by atoms with E-state index >= 15 is 0 Å². The minimum Gasteiger partial charge on any atom is -0.507 e. The molecule has 0 amide bonds. The third-order valence-electron chi connectivity index (χ3n) is 3.10. The van der Waals surface area contributed by atoms with E-state index in [0.717, 1.165) is 11.4 Å². The smallest absolute Gasteiger partial charge is 0.339 e. The molecular formula is C19H20N2O6. The number of aromatic hydroxyl groups is 2. The molecule has 2 aromatic carbocycles. The molecule has 0 aliphatic heterocycles. The zero-order chi connectivity index (χ0) is 20.4. The van der Waals surface area contributed by atoms with Gasteiger partial charge in [0.25, 0.3) is 0 Å². The predicted molar refractivity (Wildman–Crippen MR) is 98.2 cm³/mol. The Bertz CT molecular complexity index is 832. The first-order chi connectivity index (χ1) is 12.7. The number of carboxylic acids is 2. The molecule has 0 radical (unpaired) electrons. The van der Waals surface area contributed by atoms with Gasteiger partial charge < -0.3 is 20.4 Å². The number of aromatic nitrogens is 2. The second-order valence-electron chi connectivity index (χ2n) is 5.34. The zero-order valence-electron chi connectivity index (χ0n) is 14.7. The number of rotatable bonds is 2. The van der Waals surface area contributed by atoms with Crippen LogP contribution in [0.15, 0.2) is 54.6 Å². The molecule has 27 heavy (non-hydrogen) atoms. The zero-order valence-corrected chi connectivity index (χ0v) is 14.7. The van der Waals surface area contributed by atoms with E-state index in [4.69, 9.17) is 20.4 Å². The normalized spacial score (nSPS) is 9.26. The lowest BCUT2D eigenvalue weighted by atomic mass is 10.2. The number of benzene rings is 2. The summed E-state index contributed by atoms with van der Waals surface area (Å²) in [5.74, 6) is -2.62. The largest absolute Gasteiger partial charge is 0.507 e. The Morgan fingerprint density at radius 3 is 1.41 bits per heavy atom. The van der Waals surface area contributed by atoms with Gasteiger partial charge in [0.1, 0.15) is 22.6 Å². The summed E-state index contributed by atoms with van der Waals surface area (Å²) in [6, 6.07) is 13.6. The van der Waals surface area contributed by atoms with E-state index in [1.54, 1.807) is 24.3 Å². The van der Waals surface area contributed by atoms with Gasteiger partial charge in [0, 0.05) is 5.69 Å². The molecule has 1 heterocycles. The van der Waals surface area contributed by atoms with Gasteiger partial charge in [0.05, 0.1) is 5.69 Å². The average Bonchev–Trinajstić information content (AvgIpc) is 2.99. The number of H-pyrrole nitrogens is 1. The van der Waals surface area contributed by atoms with Crippen LogP contribution in [-0.4, -0.2) is 42.6 Å². The molecule has 5 N–H and O–H groups in total. The van der Waals surface area contributed by atoms with Gasteiger partial charge >= 0.3 is 11.9 Å². The van der Waals surface area contributed by atoms with Crippen molar-refractivity contribution in [3.05, 3.63) is 77.1 Å². The van der Waals surface area contributed by atoms with Crippen molar-refractivity contribution >= 4 is 11.9 Å². The molecule has 142 valence electrons. The number of aromatic carboxylic acids is 2. The number of carboxylic acid groups (broad SMARTS) is 2. The molecule has 0 saturated carbocycles. The van der Waals surface area contributed by atoms with E-state index < -0.39 is 11.9 Å². The van der Waals surface area contributed by atoms with E-state index in [1.165, 1.54) is 24.3 Å². The highest BCUT2D eigenvalue weighted by molar-refractivity contribution is 5.91. The Balaban J connectivity index is 0.000000206. The Kier molecular flexibility index (Phi) is 8.05. The van der Waals surface area contributed by atoms with Crippen LogP contribution in [0.25, 0.3) is 0 Å². The number of para-hydroxylation sites is 2. The number of nitrogens with zero attached hydrogens (tertiary/aromatic N) is 1. The van der Waals surface area contributed by atoms with Gasteiger partial charge in [-0.1, -0.05) is 24.3 Å². The van der Waals surface area contributed by atoms with Gasteiger partial charge in [-0.2, -0.15) is 5.10 Å². The fraction of sp³-hybridized carbons (Fsp3) is 0.105. The number of nitrogens with one attached hydrogen (secondary N) is 1. The number of hydrogen-bond donors (Lipinski definition) is 5. The molecule has 0 fully saturated rings. The number of aromatic amines is 1. The van der Waals surface area contributed by atoms with Gasteiger partial charge in [-0.15, -0.1) is 0 Å². The quantitative estimate of drug-likeness (QED) is 0.464. The highest BCUT2D eigenvalue weighted by Crippen LogP contribution is 2.15. The minimum absolute atomic E-state index is 0.0671. The second kappa shape index (κ2) is 10.2. The molecule has 0 aliphatic carbocycles. The van der Waals surface area contributed by atoms with E-state index in [1.807, 2.05) is 19.9 Å². The van der Waals surface area contributed by atoms with Crippen LogP contribution < -0.4 is 0 Å². The molecule has 0 spiro atoms. The minimum atomic E-state index is -1.11. The molecule has 0 atom stereocenters. The first-order valence-electron chi connectivity index (χ1n) is 7.73. The molecule has 3 aromatic rings. The first kappa shape index (κ1) is 21.2. The van der Waals surface area contributed by atoms with Crippen molar-refractivity contribution in [2.45, 2.75) is 13.8 Å². The van der Waals surface area contributed by atoms with Gasteiger partial charge in [-0.3, -0.25) is 5.10 Å². The van der Waals surface area contributed by atoms with Crippen molar-refractivity contribution in [3.63, 3.8) is 0 Å². The van der Waals surface area contributed by atoms with Gasteiger partial charge in [0.2, 0.25) is 0 Å². The van der Waals surface area contributed by atoms with Crippen LogP contribution in [0.1, 0.15) is 32.1 Å². The molecular weight excluding hydrogens is 352 g/mol. The van der Waals surface area contributed by atoms with E-state index in [0.29, 0.717) is 0 Å². The van der Waals surface area contributed by atoms with E-state index in [2.05, 4.69) is 10.2 Å². The Morgan fingerprint density at radius 2 is 1.22 bits per heavy atom. The van der Waals surface area contributed by atoms with Gasteiger partial charge in [-0.05, 0) is 44.2 Å². The van der Waals surface area contributed by atoms with Crippen molar-refractivity contribution in [1.82, 2.24) is 10.2 Å². The SMILES string of the molecule is Cc1cc(C)[nH]n1.O=C(O)c1ccccc1O.O=C(O)c1ccccc1O. The van der Waals surface area contributed by atoms with Crippen molar-refractivity contribution in [3.8, 4) is 11.5 Å². The molecule has 0 saturated heterocycles. The lowest BCUT2D eigenvalue weighted by molar-refractivity contribution is 0.0682. The fourth-order valence-corrected chi connectivity index (χ4v) is 1.86. The number of phenols is 2. The van der Waals surface area contributed by atoms with Crippen LogP contribution in [0, 0.1) is 13.8 Å². The molecule has 8 nitrogen and oxygen atoms in total. The molecule has 0 aliphatic rings. The summed E-state index contributed by atoms with van der Waals surface area (Å²) >= 11 is 0. The van der Waals surface area contributed by atoms with Crippen LogP contribution in [0.5, 0.6) is 11.5 Å². The third-order valence-corrected chi connectivity index (χ3v) is 3.10. The Morgan fingerprint density at radius 1 is 0.815 bits per heavy atom. The highest BCUT2D eigenvalue weighted by Gasteiger charge is 2.06. The number of hydrogen-bond acceptors (Lipinski definition) is 5. The molecule has 1 aromatic heterocycles. The van der Waals surface area contributed by atoms with Gasteiger partial charge in [0.15, 0.2) is 0 Å². The molecule has 0 bridgehead atoms. The van der Waals surface area contributed by atoms with Crippen LogP contribution >= 0.6 is 0 Å². The van der Waals surface area contributed by atoms with Crippen LogP contribution in [-0.2, 0) is 0 Å². The van der Waals surface area contributed by atoms with E-state index in [9.17, 15) is 9.59 Å². The van der Waals surface area contributed by atoms with Gasteiger partial charge in [-0.25, -0.2) is 9.59 Å². The molecule has 8 heteroatoms. The molecule has 0 unspecified atom stereocenters. The maximum Gasteiger partial charge on any atom is 0.339 e. The summed E-state index contributed by atoms with van der Waals surface area (Å²) in [7, 11) is 0. The van der Waals surface area contributed by atoms with Crippen LogP contribution in [0.3, 0.4) is 0 Å². The topological polar surface area (TPSA) is 144 Å². The summed E-state index contributed by atoms with van der Waals surface area (Å²) in [4.78, 5) is 20.5. The lowest BCUT2D eigenvalue weighted by Gasteiger charge is -1.95. The van der Waals surface area contributed by atoms with Crippen LogP contribution in [0.2, 0.25) is 0 Å². The fourth-order valence-electron chi connectivity index (χ4n) is 1.86. The summed E-state index contributed by atoms with van der Waals surface area (Å²) in [6.07, 6.45) is 0. The number of carbonyl (C=O) groups is 2. The maximum atomic E-state index is 10.3. The Labute approximate surface area is 155 Å². The van der Waals surface area contributed by atoms with Crippen molar-refractivity contribution < 1.29 is 30.0 Å². The van der Waals surface area contributed by atoms with Crippen LogP contribution in [0.4, 0.5) is 0 Å². The summed E-state index contributed by atoms with van der Waals surface area (Å²) in [5, 5.41) is 41.3. The summed E-state index contributed by atoms with van der Waals surface area (Å²) in [5.41, 5.74) is 2.04. The summed E-state index contributed by atoms with van der Waals surface area (Å²) < 4.78 is 0. The maximum absolute atomic E-state index is 10.3. The average molecular weight is 372 g/mol. The third kappa shape index (κ3) is 7.30.